The lowest BCUT2D eigenvalue weighted by Gasteiger charge is -2.32. The van der Waals surface area contributed by atoms with Crippen molar-refractivity contribution in [1.29, 1.82) is 0 Å². The summed E-state index contributed by atoms with van der Waals surface area (Å²) in [7, 11) is 0. The predicted octanol–water partition coefficient (Wildman–Crippen LogP) is 7.51. The van der Waals surface area contributed by atoms with Gasteiger partial charge in [0.2, 0.25) is 0 Å². The Bertz CT molecular complexity index is 827. The van der Waals surface area contributed by atoms with Crippen molar-refractivity contribution in [2.45, 2.75) is 24.9 Å². The van der Waals surface area contributed by atoms with Gasteiger partial charge in [0.25, 0.3) is 0 Å². The van der Waals surface area contributed by atoms with Crippen molar-refractivity contribution in [3.63, 3.8) is 0 Å². The lowest BCUT2D eigenvalue weighted by molar-refractivity contribution is -0.348. The van der Waals surface area contributed by atoms with E-state index in [1.807, 2.05) is 0 Å². The van der Waals surface area contributed by atoms with Gasteiger partial charge in [-0.2, -0.15) is 26.3 Å². The van der Waals surface area contributed by atoms with Gasteiger partial charge in [0.1, 0.15) is 5.82 Å². The van der Waals surface area contributed by atoms with Gasteiger partial charge in [0, 0.05) is 26.2 Å². The van der Waals surface area contributed by atoms with Gasteiger partial charge in [0.15, 0.2) is 0 Å². The molecule has 0 radical (unpaired) electrons. The number of hydrogen-bond acceptors (Lipinski definition) is 0. The topological polar surface area (TPSA) is 0 Å². The normalized spacial score (nSPS) is 13.2. The average molecular weight is 468 g/mol. The van der Waals surface area contributed by atoms with E-state index in [-0.39, 0.29) is 15.1 Å². The second-order valence-corrected chi connectivity index (χ2v) is 6.74. The van der Waals surface area contributed by atoms with Crippen LogP contribution in [0.4, 0.5) is 35.1 Å². The molecule has 0 aliphatic carbocycles. The third-order valence-corrected chi connectivity index (χ3v) is 4.45. The van der Waals surface area contributed by atoms with Gasteiger partial charge in [-0.15, -0.1) is 0 Å². The molecule has 0 saturated heterocycles. The molecule has 0 atom stereocenters. The molecule has 0 nitrogen and oxygen atoms in total. The molecular weight excluding hydrogens is 460 g/mol. The second kappa shape index (κ2) is 6.67. The van der Waals surface area contributed by atoms with Gasteiger partial charge in [-0.3, -0.25) is 0 Å². The van der Waals surface area contributed by atoms with Crippen LogP contribution in [-0.2, 0) is 5.67 Å². The molecule has 10 heteroatoms. The summed E-state index contributed by atoms with van der Waals surface area (Å²) < 4.78 is 108. The molecule has 2 rings (SSSR count). The highest BCUT2D eigenvalue weighted by Crippen LogP contribution is 2.56. The van der Waals surface area contributed by atoms with Gasteiger partial charge in [0.05, 0.1) is 0 Å². The fraction of sp³-hybridized carbons (Fsp3) is 0.250. The zero-order valence-electron chi connectivity index (χ0n) is 12.7. The van der Waals surface area contributed by atoms with Crippen LogP contribution in [0.25, 0.3) is 11.1 Å². The molecule has 2 aromatic carbocycles. The van der Waals surface area contributed by atoms with Crippen molar-refractivity contribution >= 4 is 27.5 Å². The summed E-state index contributed by atoms with van der Waals surface area (Å²) in [6.45, 7) is 1.18. The van der Waals surface area contributed by atoms with Crippen LogP contribution in [0.15, 0.2) is 34.8 Å². The molecule has 0 spiro atoms. The maximum Gasteiger partial charge on any atom is 0.435 e. The van der Waals surface area contributed by atoms with Crippen molar-refractivity contribution in [2.75, 3.05) is 0 Å². The minimum atomic E-state index is -6.33. The Morgan fingerprint density at radius 2 is 1.42 bits per heavy atom. The van der Waals surface area contributed by atoms with E-state index in [2.05, 4.69) is 15.9 Å². The highest BCUT2D eigenvalue weighted by atomic mass is 79.9. The van der Waals surface area contributed by atoms with Crippen LogP contribution in [0.3, 0.4) is 0 Å². The van der Waals surface area contributed by atoms with E-state index in [9.17, 15) is 35.1 Å². The minimum absolute atomic E-state index is 0.0893. The smallest absolute Gasteiger partial charge is 0.218 e. The largest absolute Gasteiger partial charge is 0.435 e. The predicted molar refractivity (Wildman–Crippen MR) is 84.2 cm³/mol. The summed E-state index contributed by atoms with van der Waals surface area (Å²) in [5, 5.41) is -0.150. The van der Waals surface area contributed by atoms with E-state index in [4.69, 9.17) is 11.6 Å². The van der Waals surface area contributed by atoms with E-state index in [0.29, 0.717) is 6.07 Å². The molecule has 0 fully saturated rings. The zero-order valence-corrected chi connectivity index (χ0v) is 15.0. The SMILES string of the molecule is Cc1cc(Br)c(-c2cc(Cl)ccc2F)c(C(F)(C(F)(F)F)C(F)(F)F)c1. The number of hydrogen-bond donors (Lipinski definition) is 0. The van der Waals surface area contributed by atoms with Gasteiger partial charge in [-0.05, 0) is 36.8 Å². The molecule has 0 heterocycles. The average Bonchev–Trinajstić information content (AvgIpc) is 2.46. The Morgan fingerprint density at radius 1 is 0.885 bits per heavy atom. The van der Waals surface area contributed by atoms with E-state index in [1.165, 1.54) is 6.92 Å². The molecule has 0 amide bonds. The first kappa shape index (κ1) is 21.0. The summed E-state index contributed by atoms with van der Waals surface area (Å²) >= 11 is 8.48. The van der Waals surface area contributed by atoms with Crippen LogP contribution in [0.5, 0.6) is 0 Å². The Hall–Kier alpha value is -1.35. The maximum atomic E-state index is 14.7. The number of alkyl halides is 7. The highest BCUT2D eigenvalue weighted by Gasteiger charge is 2.74. The van der Waals surface area contributed by atoms with E-state index < -0.39 is 40.5 Å². The Morgan fingerprint density at radius 3 is 1.92 bits per heavy atom. The van der Waals surface area contributed by atoms with Crippen LogP contribution in [0.2, 0.25) is 5.02 Å². The second-order valence-electron chi connectivity index (χ2n) is 5.45. The van der Waals surface area contributed by atoms with E-state index >= 15 is 0 Å². The first-order chi connectivity index (χ1) is 11.7. The van der Waals surface area contributed by atoms with Crippen molar-refractivity contribution in [3.8, 4) is 11.1 Å². The number of halogens is 10. The van der Waals surface area contributed by atoms with Crippen molar-refractivity contribution in [1.82, 2.24) is 0 Å². The van der Waals surface area contributed by atoms with Gasteiger partial charge >= 0.3 is 18.0 Å². The van der Waals surface area contributed by atoms with Crippen molar-refractivity contribution in [2.24, 2.45) is 0 Å². The maximum absolute atomic E-state index is 14.7. The number of rotatable bonds is 2. The molecule has 0 unspecified atom stereocenters. The third kappa shape index (κ3) is 3.43. The third-order valence-electron chi connectivity index (χ3n) is 3.58. The molecule has 0 bridgehead atoms. The van der Waals surface area contributed by atoms with Crippen LogP contribution < -0.4 is 0 Å². The van der Waals surface area contributed by atoms with Crippen molar-refractivity contribution in [3.05, 3.63) is 56.8 Å². The van der Waals surface area contributed by atoms with Crippen LogP contribution in [-0.4, -0.2) is 12.4 Å². The first-order valence-electron chi connectivity index (χ1n) is 6.78. The number of benzene rings is 2. The van der Waals surface area contributed by atoms with Gasteiger partial charge in [-0.1, -0.05) is 33.6 Å². The van der Waals surface area contributed by atoms with E-state index in [1.54, 1.807) is 0 Å². The highest BCUT2D eigenvalue weighted by molar-refractivity contribution is 9.10. The molecule has 0 N–H and O–H groups in total. The summed E-state index contributed by atoms with van der Waals surface area (Å²) in [6, 6.07) is 4.17. The van der Waals surface area contributed by atoms with Crippen molar-refractivity contribution < 1.29 is 35.1 Å². The Kier molecular flexibility index (Phi) is 5.38. The molecular formula is C16H8BrClF8. The standard InChI is InChI=1S/C16H8BrClF8/c1-7-4-10(14(20,15(21,22)23)16(24,25)26)13(11(17)5-7)9-6-8(18)2-3-12(9)19/h2-6H,1H3. The summed E-state index contributed by atoms with van der Waals surface area (Å²) in [5.41, 5.74) is -9.19. The minimum Gasteiger partial charge on any atom is -0.218 e. The molecule has 2 aromatic rings. The monoisotopic (exact) mass is 466 g/mol. The molecule has 0 aliphatic heterocycles. The zero-order chi connectivity index (χ0) is 20.1. The van der Waals surface area contributed by atoms with E-state index in [0.717, 1.165) is 24.3 Å². The Balaban J connectivity index is 3.00. The molecule has 0 aromatic heterocycles. The summed E-state index contributed by atoms with van der Waals surface area (Å²) in [6.07, 6.45) is -12.7. The Labute approximate surface area is 155 Å². The molecule has 0 aliphatic rings. The summed E-state index contributed by atoms with van der Waals surface area (Å²) in [5.74, 6) is -1.16. The van der Waals surface area contributed by atoms with Crippen LogP contribution >= 0.6 is 27.5 Å². The van der Waals surface area contributed by atoms with Crippen LogP contribution in [0, 0.1) is 12.7 Å². The summed E-state index contributed by atoms with van der Waals surface area (Å²) in [4.78, 5) is 0. The fourth-order valence-electron chi connectivity index (χ4n) is 2.44. The molecule has 0 saturated carbocycles. The molecule has 142 valence electrons. The first-order valence-corrected chi connectivity index (χ1v) is 7.95. The molecule has 26 heavy (non-hydrogen) atoms. The quantitative estimate of drug-likeness (QED) is 0.401. The fourth-order valence-corrected chi connectivity index (χ4v) is 3.40. The van der Waals surface area contributed by atoms with Gasteiger partial charge < -0.3 is 0 Å². The number of aryl methyl sites for hydroxylation is 1. The lowest BCUT2D eigenvalue weighted by Crippen LogP contribution is -2.50. The van der Waals surface area contributed by atoms with Crippen LogP contribution in [0.1, 0.15) is 11.1 Å². The lowest BCUT2D eigenvalue weighted by atomic mass is 9.85. The van der Waals surface area contributed by atoms with Gasteiger partial charge in [-0.25, -0.2) is 8.78 Å².